The highest BCUT2D eigenvalue weighted by Crippen LogP contribution is 2.26. The molecular formula is C20H28ClN5O2. The molecule has 28 heavy (non-hydrogen) atoms. The van der Waals surface area contributed by atoms with E-state index in [2.05, 4.69) is 26.9 Å². The Kier molecular flexibility index (Phi) is 7.04. The van der Waals surface area contributed by atoms with Crippen molar-refractivity contribution in [3.05, 3.63) is 35.2 Å². The Balaban J connectivity index is 1.55. The number of carbonyl (C=O) groups is 1. The van der Waals surface area contributed by atoms with Crippen LogP contribution >= 0.6 is 11.6 Å². The molecule has 7 nitrogen and oxygen atoms in total. The summed E-state index contributed by atoms with van der Waals surface area (Å²) in [5.74, 6) is 1.28. The number of halogens is 1. The molecule has 1 atom stereocenters. The molecule has 1 saturated heterocycles. The Morgan fingerprint density at radius 3 is 2.57 bits per heavy atom. The molecule has 1 aliphatic heterocycles. The number of benzene rings is 1. The third-order valence-electron chi connectivity index (χ3n) is 5.30. The van der Waals surface area contributed by atoms with Crippen molar-refractivity contribution in [2.24, 2.45) is 0 Å². The Morgan fingerprint density at radius 2 is 1.93 bits per heavy atom. The highest BCUT2D eigenvalue weighted by atomic mass is 35.5. The highest BCUT2D eigenvalue weighted by molar-refractivity contribution is 6.30. The maximum atomic E-state index is 12.3. The average Bonchev–Trinajstić information content (AvgIpc) is 3.19. The van der Waals surface area contributed by atoms with E-state index in [1.807, 2.05) is 43.0 Å². The first-order chi connectivity index (χ1) is 13.5. The normalized spacial score (nSPS) is 16.9. The lowest BCUT2D eigenvalue weighted by Crippen LogP contribution is -2.50. The van der Waals surface area contributed by atoms with E-state index in [-0.39, 0.29) is 11.9 Å². The van der Waals surface area contributed by atoms with E-state index in [0.717, 1.165) is 44.8 Å². The van der Waals surface area contributed by atoms with Crippen molar-refractivity contribution in [2.75, 3.05) is 45.8 Å². The molecule has 1 aliphatic rings. The van der Waals surface area contributed by atoms with Crippen LogP contribution in [0.2, 0.25) is 5.02 Å². The molecule has 0 saturated carbocycles. The van der Waals surface area contributed by atoms with Crippen LogP contribution in [0.1, 0.15) is 32.7 Å². The van der Waals surface area contributed by atoms with Gasteiger partial charge in [-0.25, -0.2) is 0 Å². The molecule has 1 aromatic carbocycles. The number of carbonyl (C=O) groups excluding carboxylic acids is 1. The van der Waals surface area contributed by atoms with E-state index in [4.69, 9.17) is 16.0 Å². The SMILES string of the molecule is CCN(CC)C(=O)CN1CCN(C(C)c2nnc(-c3cccc(Cl)c3)o2)CC1. The van der Waals surface area contributed by atoms with Gasteiger partial charge in [0, 0.05) is 49.9 Å². The fourth-order valence-electron chi connectivity index (χ4n) is 3.47. The van der Waals surface area contributed by atoms with E-state index in [1.54, 1.807) is 0 Å². The summed E-state index contributed by atoms with van der Waals surface area (Å²) in [6.07, 6.45) is 0. The van der Waals surface area contributed by atoms with Crippen LogP contribution in [-0.4, -0.2) is 76.6 Å². The Labute approximate surface area is 171 Å². The molecule has 8 heteroatoms. The molecule has 0 bridgehead atoms. The number of hydrogen-bond acceptors (Lipinski definition) is 6. The van der Waals surface area contributed by atoms with Crippen molar-refractivity contribution in [2.45, 2.75) is 26.8 Å². The Morgan fingerprint density at radius 1 is 1.21 bits per heavy atom. The summed E-state index contributed by atoms with van der Waals surface area (Å²) in [5, 5.41) is 9.05. The minimum Gasteiger partial charge on any atom is -0.419 e. The van der Waals surface area contributed by atoms with Crippen LogP contribution in [0, 0.1) is 0 Å². The lowest BCUT2D eigenvalue weighted by Gasteiger charge is -2.37. The van der Waals surface area contributed by atoms with Crippen LogP contribution < -0.4 is 0 Å². The van der Waals surface area contributed by atoms with Gasteiger partial charge in [0.1, 0.15) is 0 Å². The number of nitrogens with zero attached hydrogens (tertiary/aromatic N) is 5. The number of hydrogen-bond donors (Lipinski definition) is 0. The predicted octanol–water partition coefficient (Wildman–Crippen LogP) is 2.94. The van der Waals surface area contributed by atoms with Crippen LogP contribution in [0.15, 0.2) is 28.7 Å². The quantitative estimate of drug-likeness (QED) is 0.705. The molecule has 2 heterocycles. The van der Waals surface area contributed by atoms with Gasteiger partial charge in [-0.2, -0.15) is 0 Å². The number of rotatable bonds is 7. The lowest BCUT2D eigenvalue weighted by molar-refractivity contribution is -0.132. The third kappa shape index (κ3) is 4.90. The summed E-state index contributed by atoms with van der Waals surface area (Å²) in [5.41, 5.74) is 0.818. The van der Waals surface area contributed by atoms with Gasteiger partial charge in [0.2, 0.25) is 17.7 Å². The first-order valence-corrected chi connectivity index (χ1v) is 10.2. The zero-order valence-corrected chi connectivity index (χ0v) is 17.5. The molecule has 1 fully saturated rings. The van der Waals surface area contributed by atoms with E-state index in [9.17, 15) is 4.79 Å². The zero-order chi connectivity index (χ0) is 20.1. The van der Waals surface area contributed by atoms with Crippen LogP contribution in [0.5, 0.6) is 0 Å². The van der Waals surface area contributed by atoms with Gasteiger partial charge in [-0.3, -0.25) is 14.6 Å². The topological polar surface area (TPSA) is 65.7 Å². The largest absolute Gasteiger partial charge is 0.419 e. The van der Waals surface area contributed by atoms with Gasteiger partial charge < -0.3 is 9.32 Å². The molecule has 3 rings (SSSR count). The molecule has 152 valence electrons. The molecule has 1 aromatic heterocycles. The fourth-order valence-corrected chi connectivity index (χ4v) is 3.66. The van der Waals surface area contributed by atoms with Crippen LogP contribution in [0.3, 0.4) is 0 Å². The summed E-state index contributed by atoms with van der Waals surface area (Å²) in [4.78, 5) is 18.7. The predicted molar refractivity (Wildman–Crippen MR) is 109 cm³/mol. The second kappa shape index (κ2) is 9.49. The molecule has 0 N–H and O–H groups in total. The molecule has 0 spiro atoms. The summed E-state index contributed by atoms with van der Waals surface area (Å²) in [6.45, 7) is 11.6. The standard InChI is InChI=1S/C20H28ClN5O2/c1-4-25(5-2)18(27)14-24-9-11-26(12-10-24)15(3)19-22-23-20(28-19)16-7-6-8-17(21)13-16/h6-8,13,15H,4-5,9-12,14H2,1-3H3. The van der Waals surface area contributed by atoms with Crippen molar-refractivity contribution in [3.8, 4) is 11.5 Å². The second-order valence-corrected chi connectivity index (χ2v) is 7.45. The highest BCUT2D eigenvalue weighted by Gasteiger charge is 2.27. The number of piperazine rings is 1. The first-order valence-electron chi connectivity index (χ1n) is 9.85. The van der Waals surface area contributed by atoms with E-state index < -0.39 is 0 Å². The lowest BCUT2D eigenvalue weighted by atomic mass is 10.2. The van der Waals surface area contributed by atoms with Crippen molar-refractivity contribution in [1.29, 1.82) is 0 Å². The van der Waals surface area contributed by atoms with Crippen molar-refractivity contribution in [3.63, 3.8) is 0 Å². The number of likely N-dealkylation sites (N-methyl/N-ethyl adjacent to an activating group) is 1. The second-order valence-electron chi connectivity index (χ2n) is 7.01. The first kappa shape index (κ1) is 20.8. The summed E-state index contributed by atoms with van der Waals surface area (Å²) in [7, 11) is 0. The monoisotopic (exact) mass is 405 g/mol. The minimum atomic E-state index is 0.0288. The number of aromatic nitrogens is 2. The van der Waals surface area contributed by atoms with Gasteiger partial charge in [-0.05, 0) is 39.0 Å². The van der Waals surface area contributed by atoms with Gasteiger partial charge in [0.25, 0.3) is 0 Å². The average molecular weight is 406 g/mol. The summed E-state index contributed by atoms with van der Waals surface area (Å²) in [6, 6.07) is 7.43. The van der Waals surface area contributed by atoms with Gasteiger partial charge in [-0.15, -0.1) is 10.2 Å². The van der Waals surface area contributed by atoms with Crippen molar-refractivity contribution < 1.29 is 9.21 Å². The maximum absolute atomic E-state index is 12.3. The molecule has 0 radical (unpaired) electrons. The number of amides is 1. The molecule has 1 unspecified atom stereocenters. The smallest absolute Gasteiger partial charge is 0.247 e. The maximum Gasteiger partial charge on any atom is 0.247 e. The van der Waals surface area contributed by atoms with Crippen molar-refractivity contribution >= 4 is 17.5 Å². The minimum absolute atomic E-state index is 0.0288. The van der Waals surface area contributed by atoms with Gasteiger partial charge in [0.05, 0.1) is 12.6 Å². The van der Waals surface area contributed by atoms with Gasteiger partial charge in [0.15, 0.2) is 0 Å². The van der Waals surface area contributed by atoms with Gasteiger partial charge in [-0.1, -0.05) is 17.7 Å². The fraction of sp³-hybridized carbons (Fsp3) is 0.550. The Hall–Kier alpha value is -1.96. The van der Waals surface area contributed by atoms with Crippen LogP contribution in [0.4, 0.5) is 0 Å². The zero-order valence-electron chi connectivity index (χ0n) is 16.8. The van der Waals surface area contributed by atoms with Crippen LogP contribution in [-0.2, 0) is 4.79 Å². The van der Waals surface area contributed by atoms with E-state index in [1.165, 1.54) is 0 Å². The van der Waals surface area contributed by atoms with Gasteiger partial charge >= 0.3 is 0 Å². The van der Waals surface area contributed by atoms with Crippen molar-refractivity contribution in [1.82, 2.24) is 24.9 Å². The molecule has 1 amide bonds. The Bertz CT molecular complexity index is 784. The molecule has 0 aliphatic carbocycles. The van der Waals surface area contributed by atoms with E-state index in [0.29, 0.717) is 23.3 Å². The molecule has 2 aromatic rings. The van der Waals surface area contributed by atoms with E-state index >= 15 is 0 Å². The van der Waals surface area contributed by atoms with Crippen LogP contribution in [0.25, 0.3) is 11.5 Å². The summed E-state index contributed by atoms with van der Waals surface area (Å²) < 4.78 is 5.89. The third-order valence-corrected chi connectivity index (χ3v) is 5.53. The summed E-state index contributed by atoms with van der Waals surface area (Å²) >= 11 is 6.04. The molecular weight excluding hydrogens is 378 g/mol.